The van der Waals surface area contributed by atoms with Gasteiger partial charge in [0.05, 0.1) is 23.2 Å². The molecular weight excluding hydrogens is 382 g/mol. The maximum Gasteiger partial charge on any atom is 0.338 e. The molecule has 2 aromatic carbocycles. The molecule has 0 saturated carbocycles. The third-order valence-electron chi connectivity index (χ3n) is 4.34. The molecule has 7 nitrogen and oxygen atoms in total. The van der Waals surface area contributed by atoms with Crippen LogP contribution < -0.4 is 4.74 Å². The van der Waals surface area contributed by atoms with E-state index in [0.29, 0.717) is 29.4 Å². The van der Waals surface area contributed by atoms with Crippen LogP contribution in [0.3, 0.4) is 0 Å². The summed E-state index contributed by atoms with van der Waals surface area (Å²) in [5.74, 6) is 0.276. The van der Waals surface area contributed by atoms with Crippen LogP contribution in [0.15, 0.2) is 54.3 Å². The van der Waals surface area contributed by atoms with Crippen molar-refractivity contribution >= 4 is 22.6 Å². The zero-order chi connectivity index (χ0) is 21.7. The minimum absolute atomic E-state index is 0.0797. The van der Waals surface area contributed by atoms with E-state index in [2.05, 4.69) is 9.97 Å². The van der Waals surface area contributed by atoms with Crippen LogP contribution in [0, 0.1) is 17.2 Å². The van der Waals surface area contributed by atoms with Crippen molar-refractivity contribution in [3.8, 4) is 11.8 Å². The maximum atomic E-state index is 12.4. The van der Waals surface area contributed by atoms with E-state index in [0.717, 1.165) is 5.52 Å². The number of carbonyl (C=O) groups is 1. The molecule has 0 unspecified atom stereocenters. The third-order valence-corrected chi connectivity index (χ3v) is 4.34. The van der Waals surface area contributed by atoms with E-state index in [4.69, 9.17) is 9.47 Å². The monoisotopic (exact) mass is 405 g/mol. The van der Waals surface area contributed by atoms with Gasteiger partial charge in [-0.1, -0.05) is 26.0 Å². The van der Waals surface area contributed by atoms with E-state index >= 15 is 0 Å². The Bertz CT molecular complexity index is 1070. The third kappa shape index (κ3) is 4.78. The van der Waals surface area contributed by atoms with Gasteiger partial charge in [0.15, 0.2) is 17.7 Å². The number of rotatable bonds is 7. The van der Waals surface area contributed by atoms with Crippen molar-refractivity contribution in [3.63, 3.8) is 0 Å². The number of aliphatic hydroxyl groups excluding tert-OH is 1. The lowest BCUT2D eigenvalue weighted by molar-refractivity contribution is 0.0334. The molecule has 0 aliphatic carbocycles. The van der Waals surface area contributed by atoms with Gasteiger partial charge in [-0.2, -0.15) is 5.26 Å². The lowest BCUT2D eigenvalue weighted by Gasteiger charge is -2.14. The Balaban J connectivity index is 1.73. The van der Waals surface area contributed by atoms with E-state index in [1.54, 1.807) is 30.3 Å². The number of carbonyl (C=O) groups excluding carboxylic acids is 1. The Labute approximate surface area is 174 Å². The second kappa shape index (κ2) is 9.14. The van der Waals surface area contributed by atoms with Crippen LogP contribution in [0.1, 0.15) is 37.0 Å². The van der Waals surface area contributed by atoms with Crippen molar-refractivity contribution in [3.05, 3.63) is 65.7 Å². The van der Waals surface area contributed by atoms with E-state index in [1.165, 1.54) is 6.92 Å². The molecule has 7 heteroatoms. The standard InChI is InChI=1S/C23H23N3O4/c1-14(2)13-29-17-10-8-16(9-11-17)23(28)30-15(3)21(27)18(12-24)22-25-19-6-4-5-7-20(19)26-22/h4-11,14-15,27H,13H2,1-3H3,(H,25,26)/b21-18-/t15-/m0/s1. The number of fused-ring (bicyclic) bond motifs is 1. The van der Waals surface area contributed by atoms with Crippen LogP contribution in [0.4, 0.5) is 0 Å². The van der Waals surface area contributed by atoms with Crippen molar-refractivity contribution < 1.29 is 19.4 Å². The number of benzene rings is 2. The predicted octanol–water partition coefficient (Wildman–Crippen LogP) is 4.64. The number of aromatic nitrogens is 2. The van der Waals surface area contributed by atoms with Gasteiger partial charge in [-0.15, -0.1) is 0 Å². The Hall–Kier alpha value is -3.79. The highest BCUT2D eigenvalue weighted by Gasteiger charge is 2.22. The molecule has 30 heavy (non-hydrogen) atoms. The van der Waals surface area contributed by atoms with Gasteiger partial charge in [-0.05, 0) is 49.2 Å². The van der Waals surface area contributed by atoms with E-state index in [1.807, 2.05) is 38.1 Å². The number of nitrogens with one attached hydrogen (secondary N) is 1. The molecule has 2 N–H and O–H groups in total. The zero-order valence-electron chi connectivity index (χ0n) is 17.0. The highest BCUT2D eigenvalue weighted by atomic mass is 16.6. The number of hydrogen-bond acceptors (Lipinski definition) is 6. The van der Waals surface area contributed by atoms with Gasteiger partial charge in [-0.3, -0.25) is 0 Å². The Kier molecular flexibility index (Phi) is 6.38. The van der Waals surface area contributed by atoms with Crippen LogP contribution in [-0.2, 0) is 4.74 Å². The van der Waals surface area contributed by atoms with E-state index in [9.17, 15) is 15.2 Å². The van der Waals surface area contributed by atoms with Crippen molar-refractivity contribution in [1.82, 2.24) is 9.97 Å². The fourth-order valence-electron chi connectivity index (χ4n) is 2.74. The zero-order valence-corrected chi connectivity index (χ0v) is 17.0. The summed E-state index contributed by atoms with van der Waals surface area (Å²) in [6.45, 7) is 6.17. The first-order chi connectivity index (χ1) is 14.4. The van der Waals surface area contributed by atoms with Crippen LogP contribution in [-0.4, -0.2) is 33.8 Å². The second-order valence-electron chi connectivity index (χ2n) is 7.25. The molecule has 1 aromatic heterocycles. The lowest BCUT2D eigenvalue weighted by Crippen LogP contribution is -2.18. The van der Waals surface area contributed by atoms with Gasteiger partial charge in [-0.25, -0.2) is 9.78 Å². The summed E-state index contributed by atoms with van der Waals surface area (Å²) < 4.78 is 10.9. The summed E-state index contributed by atoms with van der Waals surface area (Å²) in [6, 6.07) is 15.8. The smallest absolute Gasteiger partial charge is 0.338 e. The van der Waals surface area contributed by atoms with Crippen molar-refractivity contribution in [2.24, 2.45) is 5.92 Å². The molecule has 3 rings (SSSR count). The van der Waals surface area contributed by atoms with E-state index < -0.39 is 12.1 Å². The predicted molar refractivity (Wildman–Crippen MR) is 113 cm³/mol. The fourth-order valence-corrected chi connectivity index (χ4v) is 2.74. The summed E-state index contributed by atoms with van der Waals surface area (Å²) in [4.78, 5) is 19.7. The van der Waals surface area contributed by atoms with Crippen LogP contribution in [0.5, 0.6) is 5.75 Å². The molecule has 0 saturated heterocycles. The number of hydrogen-bond donors (Lipinski definition) is 2. The molecule has 3 aromatic rings. The number of ether oxygens (including phenoxy) is 2. The summed E-state index contributed by atoms with van der Waals surface area (Å²) in [7, 11) is 0. The van der Waals surface area contributed by atoms with Crippen LogP contribution in [0.2, 0.25) is 0 Å². The summed E-state index contributed by atoms with van der Waals surface area (Å²) >= 11 is 0. The summed E-state index contributed by atoms with van der Waals surface area (Å²) in [6.07, 6.45) is -1.03. The van der Waals surface area contributed by atoms with Gasteiger partial charge < -0.3 is 19.6 Å². The number of esters is 1. The minimum Gasteiger partial charge on any atom is -0.507 e. The van der Waals surface area contributed by atoms with Gasteiger partial charge in [0, 0.05) is 0 Å². The van der Waals surface area contributed by atoms with Crippen molar-refractivity contribution in [2.75, 3.05) is 6.61 Å². The molecule has 0 radical (unpaired) electrons. The van der Waals surface area contributed by atoms with Crippen LogP contribution in [0.25, 0.3) is 16.6 Å². The van der Waals surface area contributed by atoms with Gasteiger partial charge >= 0.3 is 5.97 Å². The van der Waals surface area contributed by atoms with Gasteiger partial charge in [0.1, 0.15) is 17.4 Å². The van der Waals surface area contributed by atoms with Gasteiger partial charge in [0.2, 0.25) is 0 Å². The molecular formula is C23H23N3O4. The SMILES string of the molecule is CC(C)COc1ccc(C(=O)O[C@@H](C)/C(O)=C(\C#N)c2nc3ccccc3[nH]2)cc1. The molecule has 1 atom stereocenters. The quantitative estimate of drug-likeness (QED) is 0.337. The molecule has 0 fully saturated rings. The number of allylic oxidation sites excluding steroid dienone is 1. The van der Waals surface area contributed by atoms with E-state index in [-0.39, 0.29) is 17.2 Å². The maximum absolute atomic E-state index is 12.4. The number of imidazole rings is 1. The number of aliphatic hydroxyl groups is 1. The highest BCUT2D eigenvalue weighted by Crippen LogP contribution is 2.22. The van der Waals surface area contributed by atoms with Gasteiger partial charge in [0.25, 0.3) is 0 Å². The first-order valence-electron chi connectivity index (χ1n) is 9.61. The average molecular weight is 405 g/mol. The lowest BCUT2D eigenvalue weighted by atomic mass is 10.1. The summed E-state index contributed by atoms with van der Waals surface area (Å²) in [5.41, 5.74) is 1.63. The molecule has 1 heterocycles. The molecule has 0 spiro atoms. The number of aromatic amines is 1. The Morgan fingerprint density at radius 2 is 1.87 bits per heavy atom. The Morgan fingerprint density at radius 3 is 2.50 bits per heavy atom. The summed E-state index contributed by atoms with van der Waals surface area (Å²) in [5, 5.41) is 20.0. The normalized spacial score (nSPS) is 12.9. The number of para-hydroxylation sites is 2. The highest BCUT2D eigenvalue weighted by molar-refractivity contribution is 5.90. The molecule has 0 aliphatic heterocycles. The molecule has 0 amide bonds. The molecule has 154 valence electrons. The fraction of sp³-hybridized carbons (Fsp3) is 0.261. The largest absolute Gasteiger partial charge is 0.507 e. The second-order valence-corrected chi connectivity index (χ2v) is 7.25. The molecule has 0 aliphatic rings. The number of nitriles is 1. The molecule has 0 bridgehead atoms. The first kappa shape index (κ1) is 20.9. The van der Waals surface area contributed by atoms with Crippen molar-refractivity contribution in [1.29, 1.82) is 5.26 Å². The van der Waals surface area contributed by atoms with Crippen molar-refractivity contribution in [2.45, 2.75) is 26.9 Å². The average Bonchev–Trinajstić information content (AvgIpc) is 3.16. The minimum atomic E-state index is -1.03. The van der Waals surface area contributed by atoms with Crippen LogP contribution >= 0.6 is 0 Å². The first-order valence-corrected chi connectivity index (χ1v) is 9.61. The Morgan fingerprint density at radius 1 is 1.17 bits per heavy atom. The number of nitrogens with zero attached hydrogens (tertiary/aromatic N) is 2. The number of H-pyrrole nitrogens is 1. The topological polar surface area (TPSA) is 108 Å².